The number of carbonyl (C=O) groups is 2. The van der Waals surface area contributed by atoms with Crippen molar-refractivity contribution in [2.75, 3.05) is 16.8 Å². The van der Waals surface area contributed by atoms with Gasteiger partial charge < -0.3 is 10.2 Å². The molecule has 0 saturated carbocycles. The normalized spacial score (nSPS) is 16.0. The largest absolute Gasteiger partial charge is 0.326 e. The topological polar surface area (TPSA) is 49.4 Å². The molecule has 130 valence electrons. The van der Waals surface area contributed by atoms with E-state index < -0.39 is 0 Å². The van der Waals surface area contributed by atoms with Gasteiger partial charge in [-0.3, -0.25) is 9.59 Å². The second-order valence-electron chi connectivity index (χ2n) is 6.93. The van der Waals surface area contributed by atoms with Crippen LogP contribution in [0.25, 0.3) is 0 Å². The lowest BCUT2D eigenvalue weighted by Crippen LogP contribution is -2.32. The molecule has 0 radical (unpaired) electrons. The first-order valence-electron chi connectivity index (χ1n) is 8.72. The number of fused-ring (bicyclic) bond motifs is 1. The lowest BCUT2D eigenvalue weighted by atomic mass is 9.90. The Labute approximate surface area is 148 Å². The molecule has 2 aromatic carbocycles. The zero-order chi connectivity index (χ0) is 18.0. The molecule has 25 heavy (non-hydrogen) atoms. The molecular weight excluding hydrogens is 312 g/mol. The molecule has 1 heterocycles. The summed E-state index contributed by atoms with van der Waals surface area (Å²) in [4.78, 5) is 26.3. The summed E-state index contributed by atoms with van der Waals surface area (Å²) in [5.41, 5.74) is 3.81. The molecule has 1 N–H and O–H groups in total. The molecule has 0 unspecified atom stereocenters. The molecule has 1 aliphatic heterocycles. The van der Waals surface area contributed by atoms with Crippen LogP contribution in [-0.4, -0.2) is 18.4 Å². The van der Waals surface area contributed by atoms with Crippen molar-refractivity contribution in [3.05, 3.63) is 59.7 Å². The molecule has 1 atom stereocenters. The fraction of sp³-hybridized carbons (Fsp3) is 0.333. The quantitative estimate of drug-likeness (QED) is 0.918. The highest BCUT2D eigenvalue weighted by Gasteiger charge is 2.33. The van der Waals surface area contributed by atoms with Crippen LogP contribution in [0.2, 0.25) is 0 Å². The number of benzene rings is 2. The summed E-state index contributed by atoms with van der Waals surface area (Å²) < 4.78 is 0. The van der Waals surface area contributed by atoms with Crippen molar-refractivity contribution in [2.24, 2.45) is 5.92 Å². The summed E-state index contributed by atoms with van der Waals surface area (Å²) in [6, 6.07) is 15.6. The van der Waals surface area contributed by atoms with Gasteiger partial charge in [-0.1, -0.05) is 50.2 Å². The number of amides is 2. The highest BCUT2D eigenvalue weighted by Crippen LogP contribution is 2.40. The molecular formula is C21H24N2O2. The van der Waals surface area contributed by atoms with Crippen molar-refractivity contribution in [1.82, 2.24) is 0 Å². The van der Waals surface area contributed by atoms with Crippen LogP contribution in [0, 0.1) is 5.92 Å². The van der Waals surface area contributed by atoms with Crippen molar-refractivity contribution in [2.45, 2.75) is 33.1 Å². The van der Waals surface area contributed by atoms with Gasteiger partial charge in [-0.05, 0) is 29.2 Å². The lowest BCUT2D eigenvalue weighted by molar-refractivity contribution is -0.118. The van der Waals surface area contributed by atoms with E-state index in [1.165, 1.54) is 12.5 Å². The Kier molecular flexibility index (Phi) is 4.88. The molecule has 0 fully saturated rings. The Bertz CT molecular complexity index is 798. The van der Waals surface area contributed by atoms with Gasteiger partial charge in [-0.15, -0.1) is 0 Å². The van der Waals surface area contributed by atoms with Crippen LogP contribution in [0.5, 0.6) is 0 Å². The highest BCUT2D eigenvalue weighted by molar-refractivity contribution is 5.98. The van der Waals surface area contributed by atoms with Gasteiger partial charge in [0.2, 0.25) is 11.8 Å². The first kappa shape index (κ1) is 17.2. The number of para-hydroxylation sites is 2. The van der Waals surface area contributed by atoms with E-state index >= 15 is 0 Å². The van der Waals surface area contributed by atoms with Crippen molar-refractivity contribution < 1.29 is 9.59 Å². The summed E-state index contributed by atoms with van der Waals surface area (Å²) >= 11 is 0. The van der Waals surface area contributed by atoms with E-state index in [1.54, 1.807) is 0 Å². The number of rotatable bonds is 4. The number of nitrogens with zero attached hydrogens (tertiary/aromatic N) is 1. The lowest BCUT2D eigenvalue weighted by Gasteiger charge is -2.20. The van der Waals surface area contributed by atoms with Crippen LogP contribution in [0.3, 0.4) is 0 Å². The molecule has 0 saturated heterocycles. The van der Waals surface area contributed by atoms with Gasteiger partial charge in [0.25, 0.3) is 0 Å². The minimum atomic E-state index is -0.133. The van der Waals surface area contributed by atoms with Crippen molar-refractivity contribution in [3.63, 3.8) is 0 Å². The SMILES string of the molecule is CC(=O)Nc1ccccc1CC(=O)N1C[C@H](C(C)C)c2ccccc21. The van der Waals surface area contributed by atoms with E-state index in [2.05, 4.69) is 25.2 Å². The maximum absolute atomic E-state index is 13.0. The number of hydrogen-bond acceptors (Lipinski definition) is 2. The van der Waals surface area contributed by atoms with Crippen LogP contribution in [0.1, 0.15) is 37.8 Å². The third kappa shape index (κ3) is 3.58. The summed E-state index contributed by atoms with van der Waals surface area (Å²) in [7, 11) is 0. The summed E-state index contributed by atoms with van der Waals surface area (Å²) in [6.07, 6.45) is 0.273. The Hall–Kier alpha value is -2.62. The Morgan fingerprint density at radius 3 is 2.52 bits per heavy atom. The molecule has 2 amide bonds. The van der Waals surface area contributed by atoms with E-state index in [4.69, 9.17) is 0 Å². The minimum absolute atomic E-state index is 0.0633. The van der Waals surface area contributed by atoms with Gasteiger partial charge in [-0.2, -0.15) is 0 Å². The van der Waals surface area contributed by atoms with Crippen LogP contribution in [-0.2, 0) is 16.0 Å². The van der Waals surface area contributed by atoms with Gasteiger partial charge in [0, 0.05) is 30.8 Å². The summed E-state index contributed by atoms with van der Waals surface area (Å²) in [6.45, 7) is 6.59. The molecule has 0 bridgehead atoms. The second kappa shape index (κ2) is 7.09. The molecule has 0 aliphatic carbocycles. The van der Waals surface area contributed by atoms with Crippen LogP contribution >= 0.6 is 0 Å². The molecule has 4 heteroatoms. The first-order valence-corrected chi connectivity index (χ1v) is 8.72. The number of anilines is 2. The van der Waals surface area contributed by atoms with Gasteiger partial charge >= 0.3 is 0 Å². The highest BCUT2D eigenvalue weighted by atomic mass is 16.2. The minimum Gasteiger partial charge on any atom is -0.326 e. The van der Waals surface area contributed by atoms with E-state index in [-0.39, 0.29) is 18.2 Å². The van der Waals surface area contributed by atoms with E-state index in [9.17, 15) is 9.59 Å². The third-order valence-corrected chi connectivity index (χ3v) is 4.78. The van der Waals surface area contributed by atoms with Crippen LogP contribution in [0.15, 0.2) is 48.5 Å². The van der Waals surface area contributed by atoms with Crippen molar-refractivity contribution in [1.29, 1.82) is 0 Å². The van der Waals surface area contributed by atoms with Gasteiger partial charge in [0.05, 0.1) is 6.42 Å². The maximum atomic E-state index is 13.0. The predicted octanol–water partition coefficient (Wildman–Crippen LogP) is 3.97. The molecule has 4 nitrogen and oxygen atoms in total. The smallest absolute Gasteiger partial charge is 0.231 e. The first-order chi connectivity index (χ1) is 12.0. The van der Waals surface area contributed by atoms with Crippen LogP contribution < -0.4 is 10.2 Å². The Morgan fingerprint density at radius 2 is 1.80 bits per heavy atom. The Morgan fingerprint density at radius 1 is 1.12 bits per heavy atom. The van der Waals surface area contributed by atoms with Gasteiger partial charge in [0.15, 0.2) is 0 Å². The fourth-order valence-electron chi connectivity index (χ4n) is 3.49. The average molecular weight is 336 g/mol. The van der Waals surface area contributed by atoms with Crippen molar-refractivity contribution in [3.8, 4) is 0 Å². The van der Waals surface area contributed by atoms with Crippen LogP contribution in [0.4, 0.5) is 11.4 Å². The van der Waals surface area contributed by atoms with E-state index in [0.29, 0.717) is 17.5 Å². The second-order valence-corrected chi connectivity index (χ2v) is 6.93. The molecule has 3 rings (SSSR count). The average Bonchev–Trinajstić information content (AvgIpc) is 2.96. The monoisotopic (exact) mass is 336 g/mol. The molecule has 0 aromatic heterocycles. The van der Waals surface area contributed by atoms with Crippen molar-refractivity contribution >= 4 is 23.2 Å². The molecule has 1 aliphatic rings. The fourth-order valence-corrected chi connectivity index (χ4v) is 3.49. The third-order valence-electron chi connectivity index (χ3n) is 4.78. The summed E-state index contributed by atoms with van der Waals surface area (Å²) in [5.74, 6) is 0.774. The maximum Gasteiger partial charge on any atom is 0.231 e. The number of hydrogen-bond donors (Lipinski definition) is 1. The van der Waals surface area contributed by atoms with Gasteiger partial charge in [-0.25, -0.2) is 0 Å². The van der Waals surface area contributed by atoms with Gasteiger partial charge in [0.1, 0.15) is 0 Å². The zero-order valence-corrected chi connectivity index (χ0v) is 15.0. The van der Waals surface area contributed by atoms with E-state index in [0.717, 1.165) is 17.8 Å². The molecule has 0 spiro atoms. The predicted molar refractivity (Wildman–Crippen MR) is 101 cm³/mol. The molecule has 2 aromatic rings. The Balaban J connectivity index is 1.85. The number of carbonyl (C=O) groups excluding carboxylic acids is 2. The standard InChI is InChI=1S/C21H24N2O2/c1-14(2)18-13-23(20-11-7-5-9-17(18)20)21(25)12-16-8-4-6-10-19(16)22-15(3)24/h4-11,14,18H,12-13H2,1-3H3,(H,22,24)/t18-/m1/s1. The summed E-state index contributed by atoms with van der Waals surface area (Å²) in [5, 5.41) is 2.81. The number of nitrogens with one attached hydrogen (secondary N) is 1. The zero-order valence-electron chi connectivity index (χ0n) is 15.0. The van der Waals surface area contributed by atoms with E-state index in [1.807, 2.05) is 47.4 Å².